The maximum atomic E-state index is 5.44. The van der Waals surface area contributed by atoms with Crippen LogP contribution in [0.15, 0.2) is 0 Å². The van der Waals surface area contributed by atoms with Gasteiger partial charge in [0.05, 0.1) is 0 Å². The largest absolute Gasteiger partial charge is 0.406 e. The van der Waals surface area contributed by atoms with Gasteiger partial charge in [-0.15, -0.1) is 0 Å². The SMILES string of the molecule is CCO[SiH](CCOC)NC. The Hall–Kier alpha value is 0.0969. The van der Waals surface area contributed by atoms with Crippen molar-refractivity contribution >= 4 is 9.20 Å². The van der Waals surface area contributed by atoms with E-state index in [2.05, 4.69) is 4.98 Å². The summed E-state index contributed by atoms with van der Waals surface area (Å²) >= 11 is 0. The first-order valence-corrected chi connectivity index (χ1v) is 5.49. The van der Waals surface area contributed by atoms with Gasteiger partial charge in [0.2, 0.25) is 0 Å². The van der Waals surface area contributed by atoms with Gasteiger partial charge in [-0.2, -0.15) is 0 Å². The van der Waals surface area contributed by atoms with E-state index in [4.69, 9.17) is 9.16 Å². The first-order valence-electron chi connectivity index (χ1n) is 3.63. The number of ether oxygens (including phenoxy) is 1. The first-order chi connectivity index (χ1) is 4.85. The summed E-state index contributed by atoms with van der Waals surface area (Å²) in [5, 5.41) is 0. The second kappa shape index (κ2) is 7.21. The lowest BCUT2D eigenvalue weighted by Crippen LogP contribution is -2.34. The average molecular weight is 163 g/mol. The van der Waals surface area contributed by atoms with Crippen molar-refractivity contribution in [1.82, 2.24) is 4.98 Å². The molecule has 0 aromatic heterocycles. The number of nitrogens with one attached hydrogen (secondary N) is 1. The first kappa shape index (κ1) is 10.1. The Labute approximate surface area is 64.5 Å². The van der Waals surface area contributed by atoms with Crippen molar-refractivity contribution in [3.8, 4) is 0 Å². The van der Waals surface area contributed by atoms with Crippen molar-refractivity contribution in [3.05, 3.63) is 0 Å². The molecule has 3 nitrogen and oxygen atoms in total. The molecular formula is C6H17NO2Si. The third kappa shape index (κ3) is 4.93. The molecule has 0 amide bonds. The minimum Gasteiger partial charge on any atom is -0.406 e. The smallest absolute Gasteiger partial charge is 0.254 e. The van der Waals surface area contributed by atoms with Gasteiger partial charge < -0.3 is 14.1 Å². The minimum absolute atomic E-state index is 0.803. The van der Waals surface area contributed by atoms with Crippen LogP contribution in [0.25, 0.3) is 0 Å². The van der Waals surface area contributed by atoms with E-state index in [1.54, 1.807) is 7.11 Å². The van der Waals surface area contributed by atoms with Crippen LogP contribution in [0.1, 0.15) is 6.92 Å². The lowest BCUT2D eigenvalue weighted by Gasteiger charge is -2.12. The summed E-state index contributed by atoms with van der Waals surface area (Å²) in [5.41, 5.74) is 0. The summed E-state index contributed by atoms with van der Waals surface area (Å²) in [7, 11) is 2.56. The number of hydrogen-bond acceptors (Lipinski definition) is 3. The van der Waals surface area contributed by atoms with E-state index < -0.39 is 9.20 Å². The number of rotatable bonds is 6. The molecule has 0 fully saturated rings. The van der Waals surface area contributed by atoms with Gasteiger partial charge in [0, 0.05) is 26.4 Å². The monoisotopic (exact) mass is 163 g/mol. The highest BCUT2D eigenvalue weighted by Crippen LogP contribution is 1.90. The molecule has 1 N–H and O–H groups in total. The molecule has 0 radical (unpaired) electrons. The Morgan fingerprint density at radius 1 is 1.50 bits per heavy atom. The van der Waals surface area contributed by atoms with Crippen LogP contribution in [0.3, 0.4) is 0 Å². The Morgan fingerprint density at radius 3 is 2.60 bits per heavy atom. The van der Waals surface area contributed by atoms with E-state index in [0.717, 1.165) is 19.3 Å². The normalized spacial score (nSPS) is 13.5. The Kier molecular flexibility index (Phi) is 7.28. The predicted octanol–water partition coefficient (Wildman–Crippen LogP) is 0.109. The summed E-state index contributed by atoms with van der Waals surface area (Å²) in [6, 6.07) is 1.04. The average Bonchev–Trinajstić information content (AvgIpc) is 1.98. The molecule has 0 heterocycles. The van der Waals surface area contributed by atoms with Gasteiger partial charge >= 0.3 is 0 Å². The third-order valence-corrected chi connectivity index (χ3v) is 3.41. The molecule has 0 rings (SSSR count). The molecular weight excluding hydrogens is 146 g/mol. The zero-order valence-electron chi connectivity index (χ0n) is 7.02. The standard InChI is InChI=1S/C6H17NO2Si/c1-4-9-10(7-2)6-5-8-3/h7,10H,4-6H2,1-3H3. The van der Waals surface area contributed by atoms with Crippen molar-refractivity contribution < 1.29 is 9.16 Å². The molecule has 1 unspecified atom stereocenters. The quantitative estimate of drug-likeness (QED) is 0.564. The highest BCUT2D eigenvalue weighted by atomic mass is 28.3. The molecule has 0 aliphatic heterocycles. The van der Waals surface area contributed by atoms with Crippen LogP contribution in [0, 0.1) is 0 Å². The molecule has 0 aliphatic carbocycles. The van der Waals surface area contributed by atoms with Crippen molar-refractivity contribution in [2.24, 2.45) is 0 Å². The van der Waals surface area contributed by atoms with Crippen molar-refractivity contribution in [3.63, 3.8) is 0 Å². The molecule has 0 bridgehead atoms. The summed E-state index contributed by atoms with van der Waals surface area (Å²) in [6.07, 6.45) is 0. The van der Waals surface area contributed by atoms with Gasteiger partial charge in [0.25, 0.3) is 9.20 Å². The maximum absolute atomic E-state index is 5.44. The Morgan fingerprint density at radius 2 is 2.20 bits per heavy atom. The van der Waals surface area contributed by atoms with Gasteiger partial charge in [-0.1, -0.05) is 0 Å². The van der Waals surface area contributed by atoms with E-state index in [-0.39, 0.29) is 0 Å². The second-order valence-electron chi connectivity index (χ2n) is 2.01. The molecule has 62 valence electrons. The summed E-state index contributed by atoms with van der Waals surface area (Å²) in [5.74, 6) is 0. The predicted molar refractivity (Wildman–Crippen MR) is 44.5 cm³/mol. The Balaban J connectivity index is 3.21. The van der Waals surface area contributed by atoms with E-state index in [9.17, 15) is 0 Å². The van der Waals surface area contributed by atoms with Gasteiger partial charge in [0.1, 0.15) is 0 Å². The van der Waals surface area contributed by atoms with E-state index in [1.807, 2.05) is 14.0 Å². The highest BCUT2D eigenvalue weighted by molar-refractivity contribution is 6.48. The number of hydrogen-bond donors (Lipinski definition) is 1. The highest BCUT2D eigenvalue weighted by Gasteiger charge is 2.06. The van der Waals surface area contributed by atoms with Crippen LogP contribution in [-0.4, -0.2) is 36.6 Å². The molecule has 0 aliphatic rings. The molecule has 10 heavy (non-hydrogen) atoms. The maximum Gasteiger partial charge on any atom is 0.254 e. The van der Waals surface area contributed by atoms with Crippen molar-refractivity contribution in [1.29, 1.82) is 0 Å². The van der Waals surface area contributed by atoms with Gasteiger partial charge in [0.15, 0.2) is 0 Å². The molecule has 0 saturated carbocycles. The Bertz CT molecular complexity index is 72.8. The van der Waals surface area contributed by atoms with E-state index in [0.29, 0.717) is 0 Å². The van der Waals surface area contributed by atoms with Crippen LogP contribution >= 0.6 is 0 Å². The second-order valence-corrected chi connectivity index (χ2v) is 4.48. The van der Waals surface area contributed by atoms with Gasteiger partial charge in [-0.25, -0.2) is 0 Å². The lowest BCUT2D eigenvalue weighted by atomic mass is 10.9. The van der Waals surface area contributed by atoms with Crippen LogP contribution in [0.4, 0.5) is 0 Å². The zero-order valence-corrected chi connectivity index (χ0v) is 8.17. The van der Waals surface area contributed by atoms with Gasteiger partial charge in [-0.05, 0) is 14.0 Å². The van der Waals surface area contributed by atoms with Crippen molar-refractivity contribution in [2.45, 2.75) is 13.0 Å². The van der Waals surface area contributed by atoms with Crippen LogP contribution < -0.4 is 4.98 Å². The third-order valence-electron chi connectivity index (χ3n) is 1.27. The fourth-order valence-corrected chi connectivity index (χ4v) is 2.21. The molecule has 1 atom stereocenters. The summed E-state index contributed by atoms with van der Waals surface area (Å²) in [4.78, 5) is 3.17. The van der Waals surface area contributed by atoms with E-state index >= 15 is 0 Å². The molecule has 0 aromatic carbocycles. The summed E-state index contributed by atoms with van der Waals surface area (Å²) < 4.78 is 10.4. The lowest BCUT2D eigenvalue weighted by molar-refractivity contribution is 0.208. The van der Waals surface area contributed by atoms with Crippen LogP contribution in [0.5, 0.6) is 0 Å². The molecule has 0 saturated heterocycles. The van der Waals surface area contributed by atoms with Crippen molar-refractivity contribution in [2.75, 3.05) is 27.4 Å². The summed E-state index contributed by atoms with van der Waals surface area (Å²) in [6.45, 7) is 3.63. The topological polar surface area (TPSA) is 30.5 Å². The van der Waals surface area contributed by atoms with E-state index in [1.165, 1.54) is 0 Å². The zero-order chi connectivity index (χ0) is 7.82. The van der Waals surface area contributed by atoms with Crippen LogP contribution in [-0.2, 0) is 9.16 Å². The number of methoxy groups -OCH3 is 1. The fraction of sp³-hybridized carbons (Fsp3) is 1.00. The van der Waals surface area contributed by atoms with Crippen LogP contribution in [0.2, 0.25) is 6.04 Å². The molecule has 4 heteroatoms. The van der Waals surface area contributed by atoms with Gasteiger partial charge in [-0.3, -0.25) is 0 Å². The fourth-order valence-electron chi connectivity index (χ4n) is 0.737. The minimum atomic E-state index is -1.11. The molecule has 0 spiro atoms. The molecule has 0 aromatic rings.